The first-order valence-electron chi connectivity index (χ1n) is 17.9. The van der Waals surface area contributed by atoms with Crippen LogP contribution in [0, 0.1) is 5.92 Å². The second-order valence-electron chi connectivity index (χ2n) is 13.8. The number of ether oxygens (including phenoxy) is 2. The molecule has 0 saturated heterocycles. The van der Waals surface area contributed by atoms with Gasteiger partial charge in [0.25, 0.3) is 0 Å². The van der Waals surface area contributed by atoms with Crippen molar-refractivity contribution in [2.45, 2.75) is 89.8 Å². The number of rotatable bonds is 21. The fourth-order valence-corrected chi connectivity index (χ4v) is 6.22. The van der Waals surface area contributed by atoms with E-state index in [1.807, 2.05) is 72.4 Å². The molecule has 0 fully saturated rings. The van der Waals surface area contributed by atoms with Crippen LogP contribution in [0.3, 0.4) is 0 Å². The molecule has 0 spiro atoms. The molecule has 0 radical (unpaired) electrons. The molecular formula is C38H59N5O8S2. The number of para-hydroxylation sites is 1. The lowest BCUT2D eigenvalue weighted by atomic mass is 9.99. The summed E-state index contributed by atoms with van der Waals surface area (Å²) in [7, 11) is -1.41. The van der Waals surface area contributed by atoms with Gasteiger partial charge < -0.3 is 41.2 Å². The lowest BCUT2D eigenvalue weighted by Crippen LogP contribution is -2.50. The lowest BCUT2D eigenvalue weighted by Gasteiger charge is -2.28. The highest BCUT2D eigenvalue weighted by Crippen LogP contribution is 2.21. The van der Waals surface area contributed by atoms with E-state index in [-0.39, 0.29) is 43.2 Å². The number of amides is 1. The molecule has 0 aliphatic carbocycles. The first-order valence-corrected chi connectivity index (χ1v) is 20.6. The number of nitrogens with two attached hydrogens (primary N) is 2. The lowest BCUT2D eigenvalue weighted by molar-refractivity contribution is -0.153. The minimum atomic E-state index is -3.35. The van der Waals surface area contributed by atoms with Crippen LogP contribution in [-0.4, -0.2) is 103 Å². The van der Waals surface area contributed by atoms with Crippen molar-refractivity contribution in [1.29, 1.82) is 0 Å². The van der Waals surface area contributed by atoms with E-state index in [2.05, 4.69) is 37.1 Å². The molecule has 296 valence electrons. The van der Waals surface area contributed by atoms with E-state index < -0.39 is 52.0 Å². The van der Waals surface area contributed by atoms with Crippen molar-refractivity contribution in [2.24, 2.45) is 24.4 Å². The second kappa shape index (κ2) is 22.7. The number of benzene rings is 2. The Bertz CT molecular complexity index is 1690. The number of thiol groups is 1. The zero-order valence-corrected chi connectivity index (χ0v) is 33.4. The molecule has 2 aromatic carbocycles. The minimum absolute atomic E-state index is 0.0473. The Morgan fingerprint density at radius 3 is 2.23 bits per heavy atom. The monoisotopic (exact) mass is 777 g/mol. The van der Waals surface area contributed by atoms with Gasteiger partial charge in [-0.15, -0.1) is 0 Å². The zero-order chi connectivity index (χ0) is 39.7. The van der Waals surface area contributed by atoms with Crippen molar-refractivity contribution < 1.29 is 37.4 Å². The van der Waals surface area contributed by atoms with Gasteiger partial charge in [-0.1, -0.05) is 68.8 Å². The molecule has 1 heterocycles. The van der Waals surface area contributed by atoms with E-state index in [9.17, 15) is 22.8 Å². The van der Waals surface area contributed by atoms with Crippen LogP contribution in [0.5, 0.6) is 0 Å². The summed E-state index contributed by atoms with van der Waals surface area (Å²) in [6, 6.07) is 15.2. The molecule has 0 bridgehead atoms. The number of carboxylic acid groups (broad SMARTS) is 1. The standard InChI is InChI=1S/C26H45N3O6S2.C12H14N2O2/c1-6-19(4)23(28-15-21(27)17-36)16-34-24(14-20-10-8-7-9-11-20)25(30)29-22(12-13-37(5,32)33)26(31)35-18(2)3;1-14-7-8(6-10(13)12(15)16)9-4-2-3-5-11(9)14/h7-11,18-19,21-24,28,36H,6,12-17,27H2,1-5H3,(H,29,30);2-5,7,10H,6,13H2,1H3,(H,15,16)/t19-,21+,22-,23+,24-;/m0./s1. The smallest absolute Gasteiger partial charge is 0.328 e. The molecule has 3 aromatic rings. The van der Waals surface area contributed by atoms with Crippen LogP contribution in [0.2, 0.25) is 0 Å². The number of aryl methyl sites for hydroxylation is 1. The van der Waals surface area contributed by atoms with Crippen LogP contribution in [-0.2, 0) is 53.6 Å². The summed E-state index contributed by atoms with van der Waals surface area (Å²) in [5.74, 6) is -1.60. The summed E-state index contributed by atoms with van der Waals surface area (Å²) in [5, 5.41) is 16.0. The van der Waals surface area contributed by atoms with Gasteiger partial charge in [-0.05, 0) is 43.4 Å². The summed E-state index contributed by atoms with van der Waals surface area (Å²) in [6.07, 6.45) is 3.17. The molecule has 0 aliphatic rings. The third-order valence-electron chi connectivity index (χ3n) is 8.71. The fraction of sp³-hybridized carbons (Fsp3) is 0.553. The van der Waals surface area contributed by atoms with Gasteiger partial charge in [0.1, 0.15) is 28.0 Å². The van der Waals surface area contributed by atoms with E-state index in [4.69, 9.17) is 26.0 Å². The number of hydrogen-bond donors (Lipinski definition) is 6. The van der Waals surface area contributed by atoms with E-state index in [0.717, 1.165) is 34.7 Å². The molecule has 1 aromatic heterocycles. The van der Waals surface area contributed by atoms with E-state index in [1.54, 1.807) is 13.8 Å². The highest BCUT2D eigenvalue weighted by atomic mass is 32.2. The van der Waals surface area contributed by atoms with Gasteiger partial charge in [-0.2, -0.15) is 12.6 Å². The first kappa shape index (κ1) is 45.7. The second-order valence-corrected chi connectivity index (χ2v) is 16.4. The number of hydrogen-bond acceptors (Lipinski definition) is 11. The largest absolute Gasteiger partial charge is 0.480 e. The molecule has 1 unspecified atom stereocenters. The van der Waals surface area contributed by atoms with Crippen molar-refractivity contribution in [1.82, 2.24) is 15.2 Å². The maximum Gasteiger partial charge on any atom is 0.328 e. The normalized spacial score (nSPS) is 15.1. The Morgan fingerprint density at radius 2 is 1.64 bits per heavy atom. The molecule has 0 aliphatic heterocycles. The number of carboxylic acids is 1. The van der Waals surface area contributed by atoms with Gasteiger partial charge in [0, 0.05) is 67.6 Å². The highest BCUT2D eigenvalue weighted by Gasteiger charge is 2.30. The molecular weight excluding hydrogens is 719 g/mol. The number of sulfone groups is 1. The van der Waals surface area contributed by atoms with E-state index in [1.165, 1.54) is 0 Å². The number of esters is 1. The average Bonchev–Trinajstić information content (AvgIpc) is 3.43. The molecule has 3 rings (SSSR count). The predicted octanol–water partition coefficient (Wildman–Crippen LogP) is 2.88. The number of carbonyl (C=O) groups is 3. The first-order chi connectivity index (χ1) is 24.9. The summed E-state index contributed by atoms with van der Waals surface area (Å²) in [4.78, 5) is 36.8. The molecule has 0 saturated carbocycles. The van der Waals surface area contributed by atoms with Crippen LogP contribution in [0.15, 0.2) is 60.8 Å². The third kappa shape index (κ3) is 16.6. The fourth-order valence-electron chi connectivity index (χ4n) is 5.42. The minimum Gasteiger partial charge on any atom is -0.480 e. The van der Waals surface area contributed by atoms with Crippen LogP contribution >= 0.6 is 12.6 Å². The maximum atomic E-state index is 13.4. The van der Waals surface area contributed by atoms with Gasteiger partial charge >= 0.3 is 11.9 Å². The number of fused-ring (bicyclic) bond motifs is 1. The van der Waals surface area contributed by atoms with Crippen molar-refractivity contribution in [3.8, 4) is 0 Å². The molecule has 15 heteroatoms. The van der Waals surface area contributed by atoms with Gasteiger partial charge in [0.15, 0.2) is 0 Å². The molecule has 53 heavy (non-hydrogen) atoms. The Morgan fingerprint density at radius 1 is 1.00 bits per heavy atom. The summed E-state index contributed by atoms with van der Waals surface area (Å²) in [5.41, 5.74) is 14.5. The Hall–Kier alpha value is -3.47. The van der Waals surface area contributed by atoms with Crippen molar-refractivity contribution in [3.63, 3.8) is 0 Å². The van der Waals surface area contributed by atoms with Gasteiger partial charge in [-0.25, -0.2) is 13.2 Å². The molecule has 6 atom stereocenters. The molecule has 1 amide bonds. The molecule has 7 N–H and O–H groups in total. The topological polar surface area (TPSA) is 205 Å². The number of nitrogens with zero attached hydrogens (tertiary/aromatic N) is 1. The van der Waals surface area contributed by atoms with Crippen LogP contribution in [0.4, 0.5) is 0 Å². The summed E-state index contributed by atoms with van der Waals surface area (Å²) >= 11 is 4.24. The molecule has 13 nitrogen and oxygen atoms in total. The number of carbonyl (C=O) groups excluding carboxylic acids is 2. The van der Waals surface area contributed by atoms with Crippen molar-refractivity contribution >= 4 is 51.2 Å². The SMILES string of the molecule is CC[C@H](C)[C@@H](CO[C@@H](Cc1ccccc1)C(=O)N[C@@H](CCS(C)(=O)=O)C(=O)OC(C)C)NC[C@@H](N)CS.Cn1cc(CC(N)C(=O)O)c2ccccc21. The summed E-state index contributed by atoms with van der Waals surface area (Å²) < 4.78 is 36.9. The van der Waals surface area contributed by atoms with Gasteiger partial charge in [0.05, 0.1) is 18.5 Å². The van der Waals surface area contributed by atoms with Crippen LogP contribution in [0.1, 0.15) is 51.7 Å². The average molecular weight is 778 g/mol. The highest BCUT2D eigenvalue weighted by molar-refractivity contribution is 7.90. The maximum absolute atomic E-state index is 13.4. The van der Waals surface area contributed by atoms with Gasteiger partial charge in [-0.3, -0.25) is 9.59 Å². The number of aromatic nitrogens is 1. The summed E-state index contributed by atoms with van der Waals surface area (Å²) in [6.45, 7) is 8.38. The van der Waals surface area contributed by atoms with Gasteiger partial charge in [0.2, 0.25) is 5.91 Å². The quantitative estimate of drug-likeness (QED) is 0.0686. The van der Waals surface area contributed by atoms with E-state index in [0.29, 0.717) is 18.7 Å². The Kier molecular flexibility index (Phi) is 19.5. The van der Waals surface area contributed by atoms with Crippen molar-refractivity contribution in [2.75, 3.05) is 30.9 Å². The van der Waals surface area contributed by atoms with Crippen LogP contribution < -0.4 is 22.1 Å². The van der Waals surface area contributed by atoms with E-state index >= 15 is 0 Å². The number of aliphatic carboxylic acids is 1. The number of nitrogens with one attached hydrogen (secondary N) is 2. The third-order valence-corrected chi connectivity index (χ3v) is 10.2. The zero-order valence-electron chi connectivity index (χ0n) is 31.7. The Labute approximate surface area is 319 Å². The van der Waals surface area contributed by atoms with Crippen molar-refractivity contribution in [3.05, 3.63) is 71.9 Å². The predicted molar refractivity (Wildman–Crippen MR) is 213 cm³/mol. The van der Waals surface area contributed by atoms with Crippen LogP contribution in [0.25, 0.3) is 10.9 Å². The Balaban J connectivity index is 0.000000499.